The third-order valence-corrected chi connectivity index (χ3v) is 4.07. The van der Waals surface area contributed by atoms with Gasteiger partial charge >= 0.3 is 5.69 Å². The lowest BCUT2D eigenvalue weighted by Gasteiger charge is -2.32. The maximum Gasteiger partial charge on any atom is 0.315 e. The van der Waals surface area contributed by atoms with Crippen LogP contribution in [0.25, 0.3) is 0 Å². The molecule has 0 amide bonds. The van der Waals surface area contributed by atoms with E-state index in [0.717, 1.165) is 18.5 Å². The van der Waals surface area contributed by atoms with Crippen molar-refractivity contribution in [3.8, 4) is 0 Å². The number of benzene rings is 1. The van der Waals surface area contributed by atoms with E-state index < -0.39 is 0 Å². The number of para-hydroxylation sites is 1. The largest absolute Gasteiger partial charge is 0.380 e. The summed E-state index contributed by atoms with van der Waals surface area (Å²) in [4.78, 5) is 13.3. The van der Waals surface area contributed by atoms with Crippen LogP contribution in [0.5, 0.6) is 0 Å². The normalized spacial score (nSPS) is 15.9. The van der Waals surface area contributed by atoms with Gasteiger partial charge in [-0.1, -0.05) is 25.3 Å². The second-order valence-corrected chi connectivity index (χ2v) is 5.36. The Kier molecular flexibility index (Phi) is 4.82. The Morgan fingerprint density at radius 1 is 1.35 bits per heavy atom. The van der Waals surface area contributed by atoms with E-state index >= 15 is 0 Å². The van der Waals surface area contributed by atoms with Crippen molar-refractivity contribution < 1.29 is 4.92 Å². The lowest BCUT2D eigenvalue weighted by atomic mass is 9.94. The number of nitro benzene ring substituents is 1. The van der Waals surface area contributed by atoms with Crippen LogP contribution >= 0.6 is 0 Å². The van der Waals surface area contributed by atoms with Crippen LogP contribution < -0.4 is 10.2 Å². The number of nitrogens with one attached hydrogen (secondary N) is 1. The van der Waals surface area contributed by atoms with E-state index in [1.165, 1.54) is 19.3 Å². The Labute approximate surface area is 120 Å². The standard InChI is InChI=1S/C15H23N3O2/c1-3-16-13-10-7-11-14(15(13)18(19)20)17(2)12-8-5-4-6-9-12/h7,10-12,16H,3-6,8-9H2,1-2H3. The zero-order valence-corrected chi connectivity index (χ0v) is 12.3. The summed E-state index contributed by atoms with van der Waals surface area (Å²) in [6, 6.07) is 5.94. The first-order valence-electron chi connectivity index (χ1n) is 7.39. The number of anilines is 2. The van der Waals surface area contributed by atoms with Gasteiger partial charge in [-0.3, -0.25) is 10.1 Å². The summed E-state index contributed by atoms with van der Waals surface area (Å²) in [5.74, 6) is 0. The van der Waals surface area contributed by atoms with Gasteiger partial charge in [-0.15, -0.1) is 0 Å². The minimum absolute atomic E-state index is 0.197. The summed E-state index contributed by atoms with van der Waals surface area (Å²) < 4.78 is 0. The molecule has 2 rings (SSSR count). The first-order valence-corrected chi connectivity index (χ1v) is 7.39. The maximum atomic E-state index is 11.4. The van der Waals surface area contributed by atoms with Gasteiger partial charge in [0.25, 0.3) is 0 Å². The smallest absolute Gasteiger partial charge is 0.315 e. The zero-order valence-electron chi connectivity index (χ0n) is 12.3. The molecule has 20 heavy (non-hydrogen) atoms. The van der Waals surface area contributed by atoms with Gasteiger partial charge in [-0.25, -0.2) is 0 Å². The molecule has 0 bridgehead atoms. The molecule has 1 aromatic carbocycles. The molecule has 0 aromatic heterocycles. The summed E-state index contributed by atoms with van der Waals surface area (Å²) in [7, 11) is 1.98. The van der Waals surface area contributed by atoms with Crippen LogP contribution in [0.1, 0.15) is 39.0 Å². The Morgan fingerprint density at radius 2 is 2.05 bits per heavy atom. The van der Waals surface area contributed by atoms with Gasteiger partial charge in [0.2, 0.25) is 0 Å². The van der Waals surface area contributed by atoms with Crippen LogP contribution in [0.15, 0.2) is 18.2 Å². The van der Waals surface area contributed by atoms with Gasteiger partial charge in [-0.05, 0) is 31.9 Å². The van der Waals surface area contributed by atoms with Gasteiger partial charge in [0, 0.05) is 19.6 Å². The molecule has 0 radical (unpaired) electrons. The van der Waals surface area contributed by atoms with E-state index in [1.807, 2.05) is 26.1 Å². The van der Waals surface area contributed by atoms with E-state index in [4.69, 9.17) is 0 Å². The van der Waals surface area contributed by atoms with E-state index in [0.29, 0.717) is 18.3 Å². The summed E-state index contributed by atoms with van der Waals surface area (Å²) in [6.45, 7) is 2.62. The third-order valence-electron chi connectivity index (χ3n) is 4.07. The third kappa shape index (κ3) is 3.03. The molecule has 0 heterocycles. The second-order valence-electron chi connectivity index (χ2n) is 5.36. The van der Waals surface area contributed by atoms with Crippen molar-refractivity contribution in [3.05, 3.63) is 28.3 Å². The van der Waals surface area contributed by atoms with Crippen molar-refractivity contribution in [2.45, 2.75) is 45.1 Å². The molecule has 5 nitrogen and oxygen atoms in total. The average Bonchev–Trinajstić information content (AvgIpc) is 2.47. The lowest BCUT2D eigenvalue weighted by molar-refractivity contribution is -0.383. The predicted octanol–water partition coefficient (Wildman–Crippen LogP) is 3.80. The van der Waals surface area contributed by atoms with Crippen molar-refractivity contribution in [2.24, 2.45) is 0 Å². The number of hydrogen-bond acceptors (Lipinski definition) is 4. The molecule has 0 spiro atoms. The summed E-state index contributed by atoms with van der Waals surface area (Å²) in [5, 5.41) is 14.5. The molecule has 1 aliphatic carbocycles. The van der Waals surface area contributed by atoms with Gasteiger partial charge in [0.15, 0.2) is 0 Å². The van der Waals surface area contributed by atoms with E-state index in [1.54, 1.807) is 6.07 Å². The molecule has 5 heteroatoms. The topological polar surface area (TPSA) is 58.4 Å². The fraction of sp³-hybridized carbons (Fsp3) is 0.600. The molecule has 1 aromatic rings. The van der Waals surface area contributed by atoms with E-state index in [2.05, 4.69) is 10.2 Å². The van der Waals surface area contributed by atoms with Crippen LogP contribution in [0.3, 0.4) is 0 Å². The predicted molar refractivity (Wildman–Crippen MR) is 82.5 cm³/mol. The Balaban J connectivity index is 2.33. The van der Waals surface area contributed by atoms with Gasteiger partial charge in [0.05, 0.1) is 4.92 Å². The molecule has 1 saturated carbocycles. The molecule has 110 valence electrons. The minimum atomic E-state index is -0.271. The van der Waals surface area contributed by atoms with Crippen LogP contribution in [-0.4, -0.2) is 24.6 Å². The van der Waals surface area contributed by atoms with Crippen molar-refractivity contribution in [2.75, 3.05) is 23.8 Å². The molecule has 1 fully saturated rings. The van der Waals surface area contributed by atoms with Crippen molar-refractivity contribution >= 4 is 17.1 Å². The molecule has 0 saturated heterocycles. The number of hydrogen-bond donors (Lipinski definition) is 1. The molecular weight excluding hydrogens is 254 g/mol. The van der Waals surface area contributed by atoms with Crippen molar-refractivity contribution in [1.82, 2.24) is 0 Å². The molecule has 1 N–H and O–H groups in total. The highest BCUT2D eigenvalue weighted by Gasteiger charge is 2.26. The van der Waals surface area contributed by atoms with E-state index in [-0.39, 0.29) is 10.6 Å². The van der Waals surface area contributed by atoms with Crippen LogP contribution in [0.4, 0.5) is 17.1 Å². The van der Waals surface area contributed by atoms with Gasteiger partial charge < -0.3 is 10.2 Å². The van der Waals surface area contributed by atoms with Crippen LogP contribution in [0, 0.1) is 10.1 Å². The first kappa shape index (κ1) is 14.6. The summed E-state index contributed by atoms with van der Waals surface area (Å²) >= 11 is 0. The Morgan fingerprint density at radius 3 is 2.65 bits per heavy atom. The first-order chi connectivity index (χ1) is 9.65. The molecule has 0 unspecified atom stereocenters. The molecular formula is C15H23N3O2. The van der Waals surface area contributed by atoms with E-state index in [9.17, 15) is 10.1 Å². The van der Waals surface area contributed by atoms with Crippen LogP contribution in [0.2, 0.25) is 0 Å². The quantitative estimate of drug-likeness (QED) is 0.657. The van der Waals surface area contributed by atoms with Crippen LogP contribution in [-0.2, 0) is 0 Å². The van der Waals surface area contributed by atoms with Crippen molar-refractivity contribution in [1.29, 1.82) is 0 Å². The lowest BCUT2D eigenvalue weighted by Crippen LogP contribution is -2.33. The highest BCUT2D eigenvalue weighted by molar-refractivity contribution is 5.77. The molecule has 1 aliphatic rings. The van der Waals surface area contributed by atoms with Gasteiger partial charge in [-0.2, -0.15) is 0 Å². The fourth-order valence-electron chi connectivity index (χ4n) is 3.01. The zero-order chi connectivity index (χ0) is 14.5. The number of nitrogens with zero attached hydrogens (tertiary/aromatic N) is 2. The molecule has 0 atom stereocenters. The highest BCUT2D eigenvalue weighted by Crippen LogP contribution is 2.37. The fourth-order valence-corrected chi connectivity index (χ4v) is 3.01. The summed E-state index contributed by atoms with van der Waals surface area (Å²) in [5.41, 5.74) is 1.53. The number of rotatable bonds is 5. The second kappa shape index (κ2) is 6.59. The molecule has 0 aliphatic heterocycles. The minimum Gasteiger partial charge on any atom is -0.380 e. The maximum absolute atomic E-state index is 11.4. The number of nitro groups is 1. The monoisotopic (exact) mass is 277 g/mol. The van der Waals surface area contributed by atoms with Gasteiger partial charge in [0.1, 0.15) is 11.4 Å². The summed E-state index contributed by atoms with van der Waals surface area (Å²) in [6.07, 6.45) is 5.97. The highest BCUT2D eigenvalue weighted by atomic mass is 16.6. The van der Waals surface area contributed by atoms with Crippen molar-refractivity contribution in [3.63, 3.8) is 0 Å². The average molecular weight is 277 g/mol. The SMILES string of the molecule is CCNc1cccc(N(C)C2CCCCC2)c1[N+](=O)[O-]. The Bertz CT molecular complexity index is 470. The Hall–Kier alpha value is -1.78.